The van der Waals surface area contributed by atoms with E-state index >= 15 is 0 Å². The molecule has 0 aliphatic heterocycles. The highest BCUT2D eigenvalue weighted by molar-refractivity contribution is 7.89. The first-order chi connectivity index (χ1) is 7.90. The van der Waals surface area contributed by atoms with Crippen molar-refractivity contribution >= 4 is 22.4 Å². The van der Waals surface area contributed by atoms with Gasteiger partial charge in [0, 0.05) is 12.6 Å². The molecule has 0 aromatic heterocycles. The second-order valence-corrected chi connectivity index (χ2v) is 5.27. The first-order valence-corrected chi connectivity index (χ1v) is 6.45. The highest BCUT2D eigenvalue weighted by Crippen LogP contribution is 2.20. The Bertz CT molecular complexity index is 496. The summed E-state index contributed by atoms with van der Waals surface area (Å²) in [6.45, 7) is 1.79. The second kappa shape index (κ2) is 6.89. The fourth-order valence-electron chi connectivity index (χ4n) is 1.20. The molecule has 0 amide bonds. The van der Waals surface area contributed by atoms with Gasteiger partial charge in [-0.05, 0) is 25.1 Å². The van der Waals surface area contributed by atoms with Gasteiger partial charge in [-0.15, -0.1) is 12.4 Å². The van der Waals surface area contributed by atoms with Crippen LogP contribution in [-0.2, 0) is 10.0 Å². The van der Waals surface area contributed by atoms with Gasteiger partial charge in [0.15, 0.2) is 11.6 Å². The Kier molecular flexibility index (Phi) is 6.55. The van der Waals surface area contributed by atoms with Crippen molar-refractivity contribution in [2.24, 2.45) is 5.73 Å². The second-order valence-electron chi connectivity index (χ2n) is 3.55. The molecule has 0 heterocycles. The van der Waals surface area contributed by atoms with Gasteiger partial charge in [-0.2, -0.15) is 0 Å². The van der Waals surface area contributed by atoms with Crippen LogP contribution in [0.3, 0.4) is 0 Å². The normalized spacial score (nSPS) is 12.7. The number of hydrogen-bond acceptors (Lipinski definition) is 4. The third kappa shape index (κ3) is 4.09. The summed E-state index contributed by atoms with van der Waals surface area (Å²) >= 11 is 0. The van der Waals surface area contributed by atoms with Crippen molar-refractivity contribution in [3.63, 3.8) is 0 Å². The summed E-state index contributed by atoms with van der Waals surface area (Å²) in [7, 11) is -2.44. The first kappa shape index (κ1) is 17.1. The third-order valence-corrected chi connectivity index (χ3v) is 3.73. The predicted molar refractivity (Wildman–Crippen MR) is 69.0 cm³/mol. The van der Waals surface area contributed by atoms with Crippen LogP contribution in [0.1, 0.15) is 6.92 Å². The number of nitrogens with two attached hydrogens (primary N) is 1. The topological polar surface area (TPSA) is 81.4 Å². The summed E-state index contributed by atoms with van der Waals surface area (Å²) in [4.78, 5) is -0.156. The Hall–Kier alpha value is -0.890. The van der Waals surface area contributed by atoms with Gasteiger partial charge in [-0.1, -0.05) is 0 Å². The average Bonchev–Trinajstić information content (AvgIpc) is 2.28. The molecule has 8 heteroatoms. The number of sulfonamides is 1. The minimum Gasteiger partial charge on any atom is -0.494 e. The molecule has 1 atom stereocenters. The molecule has 1 rings (SSSR count). The lowest BCUT2D eigenvalue weighted by Crippen LogP contribution is -2.37. The number of nitrogens with one attached hydrogen (secondary N) is 1. The van der Waals surface area contributed by atoms with E-state index in [1.807, 2.05) is 0 Å². The lowest BCUT2D eigenvalue weighted by atomic mass is 10.3. The van der Waals surface area contributed by atoms with E-state index < -0.39 is 21.9 Å². The summed E-state index contributed by atoms with van der Waals surface area (Å²) in [6.07, 6.45) is 0. The number of halogens is 2. The van der Waals surface area contributed by atoms with E-state index in [-0.39, 0.29) is 29.6 Å². The van der Waals surface area contributed by atoms with Crippen LogP contribution >= 0.6 is 12.4 Å². The summed E-state index contributed by atoms with van der Waals surface area (Å²) in [5.41, 5.74) is 5.31. The molecule has 1 aromatic rings. The quantitative estimate of drug-likeness (QED) is 0.845. The monoisotopic (exact) mass is 298 g/mol. The molecular weight excluding hydrogens is 283 g/mol. The van der Waals surface area contributed by atoms with Crippen molar-refractivity contribution in [3.05, 3.63) is 24.0 Å². The van der Waals surface area contributed by atoms with E-state index in [1.165, 1.54) is 19.2 Å². The summed E-state index contributed by atoms with van der Waals surface area (Å²) in [5, 5.41) is 0. The molecule has 0 saturated carbocycles. The van der Waals surface area contributed by atoms with Gasteiger partial charge in [0.25, 0.3) is 0 Å². The van der Waals surface area contributed by atoms with Crippen LogP contribution in [-0.4, -0.2) is 28.1 Å². The van der Waals surface area contributed by atoms with Crippen molar-refractivity contribution in [1.29, 1.82) is 0 Å². The van der Waals surface area contributed by atoms with Crippen LogP contribution in [0.25, 0.3) is 0 Å². The fourth-order valence-corrected chi connectivity index (χ4v) is 2.46. The molecule has 0 fully saturated rings. The Labute approximate surface area is 112 Å². The molecule has 3 N–H and O–H groups in total. The van der Waals surface area contributed by atoms with E-state index in [0.29, 0.717) is 0 Å². The van der Waals surface area contributed by atoms with Crippen LogP contribution in [0, 0.1) is 5.82 Å². The molecule has 0 bridgehead atoms. The van der Waals surface area contributed by atoms with Gasteiger partial charge in [0.2, 0.25) is 10.0 Å². The van der Waals surface area contributed by atoms with Crippen molar-refractivity contribution in [2.75, 3.05) is 13.7 Å². The Morgan fingerprint density at radius 3 is 2.56 bits per heavy atom. The van der Waals surface area contributed by atoms with Gasteiger partial charge in [-0.25, -0.2) is 17.5 Å². The SMILES string of the molecule is COc1ccc(S(=O)(=O)N[C@@H](C)CN)cc1F.Cl. The van der Waals surface area contributed by atoms with E-state index in [0.717, 1.165) is 6.07 Å². The van der Waals surface area contributed by atoms with Crippen molar-refractivity contribution in [1.82, 2.24) is 4.72 Å². The largest absolute Gasteiger partial charge is 0.494 e. The Morgan fingerprint density at radius 2 is 2.11 bits per heavy atom. The van der Waals surface area contributed by atoms with E-state index in [4.69, 9.17) is 10.5 Å². The van der Waals surface area contributed by atoms with Crippen LogP contribution in [0.5, 0.6) is 5.75 Å². The Balaban J connectivity index is 0.00000289. The van der Waals surface area contributed by atoms with Crippen LogP contribution < -0.4 is 15.2 Å². The maximum Gasteiger partial charge on any atom is 0.240 e. The molecule has 0 saturated heterocycles. The summed E-state index contributed by atoms with van der Waals surface area (Å²) in [6, 6.07) is 3.03. The lowest BCUT2D eigenvalue weighted by molar-refractivity contribution is 0.385. The number of ether oxygens (including phenoxy) is 1. The van der Waals surface area contributed by atoms with Crippen molar-refractivity contribution < 1.29 is 17.5 Å². The van der Waals surface area contributed by atoms with Gasteiger partial charge in [0.1, 0.15) is 0 Å². The van der Waals surface area contributed by atoms with Gasteiger partial charge >= 0.3 is 0 Å². The van der Waals surface area contributed by atoms with Gasteiger partial charge < -0.3 is 10.5 Å². The number of methoxy groups -OCH3 is 1. The predicted octanol–water partition coefficient (Wildman–Crippen LogP) is 0.882. The molecule has 0 aliphatic carbocycles. The zero-order chi connectivity index (χ0) is 13.1. The summed E-state index contributed by atoms with van der Waals surface area (Å²) < 4.78 is 43.9. The fraction of sp³-hybridized carbons (Fsp3) is 0.400. The number of hydrogen-bond donors (Lipinski definition) is 2. The average molecular weight is 299 g/mol. The molecule has 0 aliphatic rings. The summed E-state index contributed by atoms with van der Waals surface area (Å²) in [5.74, 6) is -0.730. The van der Waals surface area contributed by atoms with Gasteiger partial charge in [0.05, 0.1) is 12.0 Å². The minimum atomic E-state index is -3.74. The standard InChI is InChI=1S/C10H15FN2O3S.ClH/c1-7(6-12)13-17(14,15)8-3-4-10(16-2)9(11)5-8;/h3-5,7,13H,6,12H2,1-2H3;1H/t7-;/m0./s1. The minimum absolute atomic E-state index is 0. The van der Waals surface area contributed by atoms with Crippen molar-refractivity contribution in [3.8, 4) is 5.75 Å². The molecule has 18 heavy (non-hydrogen) atoms. The highest BCUT2D eigenvalue weighted by atomic mass is 35.5. The maximum absolute atomic E-state index is 13.4. The van der Waals surface area contributed by atoms with Gasteiger partial charge in [-0.3, -0.25) is 0 Å². The van der Waals surface area contributed by atoms with E-state index in [2.05, 4.69) is 4.72 Å². The third-order valence-electron chi connectivity index (χ3n) is 2.14. The molecule has 0 radical (unpaired) electrons. The molecule has 104 valence electrons. The molecule has 0 unspecified atom stereocenters. The lowest BCUT2D eigenvalue weighted by Gasteiger charge is -2.12. The highest BCUT2D eigenvalue weighted by Gasteiger charge is 2.18. The van der Waals surface area contributed by atoms with Crippen LogP contribution in [0.2, 0.25) is 0 Å². The zero-order valence-electron chi connectivity index (χ0n) is 10.0. The van der Waals surface area contributed by atoms with E-state index in [9.17, 15) is 12.8 Å². The van der Waals surface area contributed by atoms with Crippen LogP contribution in [0.15, 0.2) is 23.1 Å². The Morgan fingerprint density at radius 1 is 1.50 bits per heavy atom. The maximum atomic E-state index is 13.4. The smallest absolute Gasteiger partial charge is 0.240 e. The zero-order valence-corrected chi connectivity index (χ0v) is 11.6. The first-order valence-electron chi connectivity index (χ1n) is 4.96. The molecule has 1 aromatic carbocycles. The molecular formula is C10H16ClFN2O3S. The molecule has 5 nitrogen and oxygen atoms in total. The number of rotatable bonds is 5. The van der Waals surface area contributed by atoms with Crippen molar-refractivity contribution in [2.45, 2.75) is 17.9 Å². The molecule has 0 spiro atoms. The van der Waals surface area contributed by atoms with E-state index in [1.54, 1.807) is 6.92 Å². The van der Waals surface area contributed by atoms with Crippen LogP contribution in [0.4, 0.5) is 4.39 Å². The number of benzene rings is 1.